The lowest BCUT2D eigenvalue weighted by atomic mass is 9.87. The monoisotopic (exact) mass is 273 g/mol. The van der Waals surface area contributed by atoms with E-state index in [-0.39, 0.29) is 6.04 Å². The Morgan fingerprint density at radius 2 is 1.58 bits per heavy atom. The summed E-state index contributed by atoms with van der Waals surface area (Å²) in [5.74, 6) is 0.319. The van der Waals surface area contributed by atoms with Crippen molar-refractivity contribution >= 4 is 11.6 Å². The zero-order chi connectivity index (χ0) is 13.8. The highest BCUT2D eigenvalue weighted by Gasteiger charge is 2.16. The van der Waals surface area contributed by atoms with Crippen LogP contribution in [0.1, 0.15) is 29.5 Å². The molecule has 2 aromatic rings. The Morgan fingerprint density at radius 1 is 1.00 bits per heavy atom. The van der Waals surface area contributed by atoms with Gasteiger partial charge in [-0.1, -0.05) is 53.6 Å². The molecule has 1 nitrogen and oxygen atoms in total. The van der Waals surface area contributed by atoms with E-state index in [0.717, 1.165) is 11.4 Å². The van der Waals surface area contributed by atoms with Gasteiger partial charge < -0.3 is 5.73 Å². The van der Waals surface area contributed by atoms with Gasteiger partial charge in [0.15, 0.2) is 0 Å². The predicted octanol–water partition coefficient (Wildman–Crippen LogP) is 4.32. The summed E-state index contributed by atoms with van der Waals surface area (Å²) >= 11 is 5.94. The van der Waals surface area contributed by atoms with E-state index in [9.17, 15) is 0 Å². The molecule has 2 heteroatoms. The van der Waals surface area contributed by atoms with E-state index < -0.39 is 0 Å². The van der Waals surface area contributed by atoms with Crippen LogP contribution in [0.3, 0.4) is 0 Å². The van der Waals surface area contributed by atoms with E-state index in [0.29, 0.717) is 5.92 Å². The van der Waals surface area contributed by atoms with Gasteiger partial charge in [-0.15, -0.1) is 0 Å². The van der Waals surface area contributed by atoms with Gasteiger partial charge in [-0.3, -0.25) is 0 Å². The van der Waals surface area contributed by atoms with E-state index in [2.05, 4.69) is 50.2 Å². The van der Waals surface area contributed by atoms with Crippen molar-refractivity contribution < 1.29 is 0 Å². The fourth-order valence-electron chi connectivity index (χ4n) is 2.30. The first-order chi connectivity index (χ1) is 9.06. The second-order valence-electron chi connectivity index (χ2n) is 5.21. The number of nitrogens with two attached hydrogens (primary N) is 1. The third-order valence-corrected chi connectivity index (χ3v) is 3.76. The molecule has 2 rings (SSSR count). The van der Waals surface area contributed by atoms with Crippen LogP contribution in [0.2, 0.25) is 5.02 Å². The highest BCUT2D eigenvalue weighted by molar-refractivity contribution is 6.30. The van der Waals surface area contributed by atoms with Crippen LogP contribution < -0.4 is 5.73 Å². The predicted molar refractivity (Wildman–Crippen MR) is 82.7 cm³/mol. The maximum atomic E-state index is 6.15. The molecule has 19 heavy (non-hydrogen) atoms. The average Bonchev–Trinajstić information content (AvgIpc) is 2.39. The summed E-state index contributed by atoms with van der Waals surface area (Å²) in [5, 5.41) is 0.766. The summed E-state index contributed by atoms with van der Waals surface area (Å²) in [6.07, 6.45) is 0.958. The maximum Gasteiger partial charge on any atom is 0.0406 e. The first kappa shape index (κ1) is 14.1. The second-order valence-corrected chi connectivity index (χ2v) is 5.64. The zero-order valence-electron chi connectivity index (χ0n) is 11.4. The van der Waals surface area contributed by atoms with E-state index in [1.54, 1.807) is 0 Å². The van der Waals surface area contributed by atoms with Crippen LogP contribution in [-0.2, 0) is 6.42 Å². The molecule has 0 amide bonds. The SMILES string of the molecule is Cc1ccc(CC(c2ccc(Cl)cc2)C(C)N)cc1. The molecule has 0 aromatic heterocycles. The minimum absolute atomic E-state index is 0.113. The van der Waals surface area contributed by atoms with Crippen LogP contribution in [0.15, 0.2) is 48.5 Å². The summed E-state index contributed by atoms with van der Waals surface area (Å²) in [4.78, 5) is 0. The molecule has 2 N–H and O–H groups in total. The van der Waals surface area contributed by atoms with Crippen molar-refractivity contribution in [3.8, 4) is 0 Å². The van der Waals surface area contributed by atoms with Crippen LogP contribution >= 0.6 is 11.6 Å². The van der Waals surface area contributed by atoms with E-state index >= 15 is 0 Å². The minimum atomic E-state index is 0.113. The summed E-state index contributed by atoms with van der Waals surface area (Å²) < 4.78 is 0. The molecule has 100 valence electrons. The number of hydrogen-bond donors (Lipinski definition) is 1. The molecular formula is C17H20ClN. The average molecular weight is 274 g/mol. The van der Waals surface area contributed by atoms with Gasteiger partial charge in [-0.2, -0.15) is 0 Å². The van der Waals surface area contributed by atoms with Gasteiger partial charge >= 0.3 is 0 Å². The van der Waals surface area contributed by atoms with Crippen molar-refractivity contribution in [2.24, 2.45) is 5.73 Å². The Balaban J connectivity index is 2.21. The summed E-state index contributed by atoms with van der Waals surface area (Å²) in [6, 6.07) is 16.8. The topological polar surface area (TPSA) is 26.0 Å². The van der Waals surface area contributed by atoms with Gasteiger partial charge in [0.05, 0.1) is 0 Å². The largest absolute Gasteiger partial charge is 0.327 e. The fourth-order valence-corrected chi connectivity index (χ4v) is 2.42. The van der Waals surface area contributed by atoms with Crippen LogP contribution in [-0.4, -0.2) is 6.04 Å². The third-order valence-electron chi connectivity index (χ3n) is 3.51. The zero-order valence-corrected chi connectivity index (χ0v) is 12.2. The number of hydrogen-bond acceptors (Lipinski definition) is 1. The second kappa shape index (κ2) is 6.23. The van der Waals surface area contributed by atoms with Crippen LogP contribution in [0.4, 0.5) is 0 Å². The van der Waals surface area contributed by atoms with Crippen LogP contribution in [0, 0.1) is 6.92 Å². The summed E-state index contributed by atoms with van der Waals surface area (Å²) in [6.45, 7) is 4.17. The molecule has 0 aliphatic heterocycles. The smallest absolute Gasteiger partial charge is 0.0406 e. The van der Waals surface area contributed by atoms with Crippen molar-refractivity contribution in [1.82, 2.24) is 0 Å². The molecule has 0 saturated carbocycles. The van der Waals surface area contributed by atoms with Gasteiger partial charge in [0.25, 0.3) is 0 Å². The number of rotatable bonds is 4. The van der Waals surface area contributed by atoms with Gasteiger partial charge in [0.2, 0.25) is 0 Å². The van der Waals surface area contributed by atoms with Crippen molar-refractivity contribution in [3.05, 3.63) is 70.2 Å². The van der Waals surface area contributed by atoms with Crippen LogP contribution in [0.25, 0.3) is 0 Å². The Bertz CT molecular complexity index is 514. The third kappa shape index (κ3) is 3.82. The van der Waals surface area contributed by atoms with Gasteiger partial charge in [0.1, 0.15) is 0 Å². The van der Waals surface area contributed by atoms with E-state index in [1.165, 1.54) is 16.7 Å². The lowest BCUT2D eigenvalue weighted by Crippen LogP contribution is -2.26. The van der Waals surface area contributed by atoms with Gasteiger partial charge in [-0.25, -0.2) is 0 Å². The Labute approximate surface area is 120 Å². The molecule has 0 bridgehead atoms. The lowest BCUT2D eigenvalue weighted by Gasteiger charge is -2.21. The highest BCUT2D eigenvalue weighted by Crippen LogP contribution is 2.25. The van der Waals surface area contributed by atoms with E-state index in [4.69, 9.17) is 17.3 Å². The molecule has 0 spiro atoms. The highest BCUT2D eigenvalue weighted by atomic mass is 35.5. The molecule has 0 heterocycles. The molecule has 0 saturated heterocycles. The first-order valence-electron chi connectivity index (χ1n) is 6.63. The first-order valence-corrected chi connectivity index (χ1v) is 7.00. The van der Waals surface area contributed by atoms with Crippen LogP contribution in [0.5, 0.6) is 0 Å². The molecule has 2 atom stereocenters. The molecule has 2 unspecified atom stereocenters. The quantitative estimate of drug-likeness (QED) is 0.882. The minimum Gasteiger partial charge on any atom is -0.327 e. The van der Waals surface area contributed by atoms with Crippen molar-refractivity contribution in [2.75, 3.05) is 0 Å². The Morgan fingerprint density at radius 3 is 2.11 bits per heavy atom. The lowest BCUT2D eigenvalue weighted by molar-refractivity contribution is 0.565. The molecule has 0 radical (unpaired) electrons. The molecule has 0 fully saturated rings. The van der Waals surface area contributed by atoms with E-state index in [1.807, 2.05) is 12.1 Å². The van der Waals surface area contributed by atoms with Crippen molar-refractivity contribution in [3.63, 3.8) is 0 Å². The Hall–Kier alpha value is -1.31. The van der Waals surface area contributed by atoms with Crippen molar-refractivity contribution in [2.45, 2.75) is 32.2 Å². The van der Waals surface area contributed by atoms with Gasteiger partial charge in [0, 0.05) is 17.0 Å². The number of benzene rings is 2. The maximum absolute atomic E-state index is 6.15. The van der Waals surface area contributed by atoms with Crippen molar-refractivity contribution in [1.29, 1.82) is 0 Å². The summed E-state index contributed by atoms with van der Waals surface area (Å²) in [5.41, 5.74) is 10.0. The van der Waals surface area contributed by atoms with Gasteiger partial charge in [-0.05, 0) is 43.5 Å². The Kier molecular flexibility index (Phi) is 4.62. The number of halogens is 1. The molecular weight excluding hydrogens is 254 g/mol. The standard InChI is InChI=1S/C17H20ClN/c1-12-3-5-14(6-4-12)11-17(13(2)19)15-7-9-16(18)10-8-15/h3-10,13,17H,11,19H2,1-2H3. The molecule has 2 aromatic carbocycles. The molecule has 0 aliphatic carbocycles. The summed E-state index contributed by atoms with van der Waals surface area (Å²) in [7, 11) is 0. The molecule has 0 aliphatic rings. The number of aryl methyl sites for hydroxylation is 1. The fraction of sp³-hybridized carbons (Fsp3) is 0.294. The normalized spacial score (nSPS) is 14.1.